The van der Waals surface area contributed by atoms with E-state index in [2.05, 4.69) is 26.8 Å². The SMILES string of the molecule is CC1(C)C=C2C[C@@H](CO)[C@@]3(O)CC[C@@]3(C)[C@@H]2C1. The zero-order chi connectivity index (χ0) is 12.5. The van der Waals surface area contributed by atoms with Crippen molar-refractivity contribution in [3.05, 3.63) is 11.6 Å². The van der Waals surface area contributed by atoms with Gasteiger partial charge < -0.3 is 10.2 Å². The second-order valence-corrected chi connectivity index (χ2v) is 7.39. The molecule has 2 heteroatoms. The van der Waals surface area contributed by atoms with E-state index in [1.165, 1.54) is 12.0 Å². The van der Waals surface area contributed by atoms with Crippen molar-refractivity contribution in [2.24, 2.45) is 22.7 Å². The van der Waals surface area contributed by atoms with Crippen LogP contribution in [0.25, 0.3) is 0 Å². The Balaban J connectivity index is 2.01. The second kappa shape index (κ2) is 3.16. The van der Waals surface area contributed by atoms with E-state index in [0.717, 1.165) is 19.3 Å². The lowest BCUT2D eigenvalue weighted by molar-refractivity contribution is -0.234. The van der Waals surface area contributed by atoms with Crippen LogP contribution in [0.4, 0.5) is 0 Å². The number of hydrogen-bond donors (Lipinski definition) is 2. The maximum absolute atomic E-state index is 10.9. The Morgan fingerprint density at radius 1 is 1.29 bits per heavy atom. The molecule has 0 aliphatic heterocycles. The van der Waals surface area contributed by atoms with Crippen LogP contribution in [0.2, 0.25) is 0 Å². The highest BCUT2D eigenvalue weighted by Crippen LogP contribution is 2.68. The fourth-order valence-electron chi connectivity index (χ4n) is 4.75. The van der Waals surface area contributed by atoms with Gasteiger partial charge in [0.05, 0.1) is 5.60 Å². The Morgan fingerprint density at radius 2 is 2.00 bits per heavy atom. The Kier molecular flexibility index (Phi) is 2.18. The third-order valence-corrected chi connectivity index (χ3v) is 5.92. The van der Waals surface area contributed by atoms with Crippen LogP contribution in [0.1, 0.15) is 46.5 Å². The molecule has 3 aliphatic carbocycles. The van der Waals surface area contributed by atoms with Crippen LogP contribution in [-0.2, 0) is 0 Å². The highest BCUT2D eigenvalue weighted by atomic mass is 16.3. The third-order valence-electron chi connectivity index (χ3n) is 5.92. The minimum atomic E-state index is -0.607. The van der Waals surface area contributed by atoms with Gasteiger partial charge in [0.25, 0.3) is 0 Å². The van der Waals surface area contributed by atoms with Crippen LogP contribution in [0.15, 0.2) is 11.6 Å². The van der Waals surface area contributed by atoms with Crippen LogP contribution in [0.5, 0.6) is 0 Å². The highest BCUT2D eigenvalue weighted by molar-refractivity contribution is 5.32. The summed E-state index contributed by atoms with van der Waals surface area (Å²) in [5.41, 5.74) is 1.17. The van der Waals surface area contributed by atoms with Gasteiger partial charge in [0.15, 0.2) is 0 Å². The molecular formula is C15H24O2. The monoisotopic (exact) mass is 236 g/mol. The van der Waals surface area contributed by atoms with Crippen LogP contribution in [-0.4, -0.2) is 22.4 Å². The van der Waals surface area contributed by atoms with E-state index in [1.807, 2.05) is 0 Å². The first kappa shape index (κ1) is 11.7. The number of allylic oxidation sites excluding steroid dienone is 2. The van der Waals surface area contributed by atoms with Gasteiger partial charge in [0, 0.05) is 17.9 Å². The Bertz CT molecular complexity index is 384. The summed E-state index contributed by atoms with van der Waals surface area (Å²) in [7, 11) is 0. The molecule has 2 fully saturated rings. The van der Waals surface area contributed by atoms with Crippen molar-refractivity contribution >= 4 is 0 Å². The van der Waals surface area contributed by atoms with Gasteiger partial charge >= 0.3 is 0 Å². The maximum atomic E-state index is 10.9. The summed E-state index contributed by atoms with van der Waals surface area (Å²) in [5.74, 6) is 0.594. The smallest absolute Gasteiger partial charge is 0.0759 e. The second-order valence-electron chi connectivity index (χ2n) is 7.39. The molecule has 0 aromatic heterocycles. The van der Waals surface area contributed by atoms with E-state index in [9.17, 15) is 10.2 Å². The van der Waals surface area contributed by atoms with E-state index in [0.29, 0.717) is 5.92 Å². The van der Waals surface area contributed by atoms with Crippen LogP contribution >= 0.6 is 0 Å². The van der Waals surface area contributed by atoms with E-state index in [4.69, 9.17) is 0 Å². The molecule has 17 heavy (non-hydrogen) atoms. The number of hydrogen-bond acceptors (Lipinski definition) is 2. The van der Waals surface area contributed by atoms with Crippen LogP contribution < -0.4 is 0 Å². The number of fused-ring (bicyclic) bond motifs is 3. The van der Waals surface area contributed by atoms with Crippen molar-refractivity contribution in [3.8, 4) is 0 Å². The molecule has 0 radical (unpaired) electrons. The minimum Gasteiger partial charge on any atom is -0.396 e. The standard InChI is InChI=1S/C15H24O2/c1-13(2)7-10-6-11(9-16)15(17)5-4-14(15,3)12(10)8-13/h7,11-12,16-17H,4-6,8-9H2,1-3H3/t11-,12+,14-,15-/m0/s1. The van der Waals surface area contributed by atoms with Crippen molar-refractivity contribution in [1.29, 1.82) is 0 Å². The Morgan fingerprint density at radius 3 is 2.53 bits per heavy atom. The first-order valence-electron chi connectivity index (χ1n) is 6.87. The van der Waals surface area contributed by atoms with Crippen LogP contribution in [0, 0.1) is 22.7 Å². The quantitative estimate of drug-likeness (QED) is 0.687. The zero-order valence-corrected chi connectivity index (χ0v) is 11.2. The molecule has 0 saturated heterocycles. The summed E-state index contributed by atoms with van der Waals surface area (Å²) in [6, 6.07) is 0. The van der Waals surface area contributed by atoms with Crippen molar-refractivity contribution < 1.29 is 10.2 Å². The van der Waals surface area contributed by atoms with Gasteiger partial charge in [-0.15, -0.1) is 0 Å². The normalized spacial score (nSPS) is 51.2. The molecule has 0 heterocycles. The molecule has 0 bridgehead atoms. The van der Waals surface area contributed by atoms with Gasteiger partial charge in [-0.05, 0) is 37.0 Å². The number of aliphatic hydroxyl groups is 2. The van der Waals surface area contributed by atoms with Crippen molar-refractivity contribution in [2.75, 3.05) is 6.61 Å². The molecule has 4 atom stereocenters. The third kappa shape index (κ3) is 1.29. The average molecular weight is 236 g/mol. The van der Waals surface area contributed by atoms with E-state index < -0.39 is 5.60 Å². The maximum Gasteiger partial charge on any atom is 0.0759 e. The molecule has 2 saturated carbocycles. The molecule has 3 aliphatic rings. The first-order chi connectivity index (χ1) is 7.82. The summed E-state index contributed by atoms with van der Waals surface area (Å²) < 4.78 is 0. The van der Waals surface area contributed by atoms with Gasteiger partial charge in [-0.3, -0.25) is 0 Å². The average Bonchev–Trinajstić information content (AvgIpc) is 2.56. The predicted octanol–water partition coefficient (Wildman–Crippen LogP) is 2.50. The van der Waals surface area contributed by atoms with E-state index in [1.54, 1.807) is 0 Å². The van der Waals surface area contributed by atoms with Gasteiger partial charge in [-0.2, -0.15) is 0 Å². The molecule has 0 unspecified atom stereocenters. The summed E-state index contributed by atoms with van der Waals surface area (Å²) >= 11 is 0. The summed E-state index contributed by atoms with van der Waals surface area (Å²) in [6.07, 6.45) is 6.45. The topological polar surface area (TPSA) is 40.5 Å². The van der Waals surface area contributed by atoms with Crippen molar-refractivity contribution in [2.45, 2.75) is 52.1 Å². The fraction of sp³-hybridized carbons (Fsp3) is 0.867. The zero-order valence-electron chi connectivity index (χ0n) is 11.2. The molecule has 0 aromatic carbocycles. The summed E-state index contributed by atoms with van der Waals surface area (Å²) in [5, 5.41) is 20.4. The van der Waals surface area contributed by atoms with Crippen molar-refractivity contribution in [3.63, 3.8) is 0 Å². The van der Waals surface area contributed by atoms with Gasteiger partial charge in [-0.25, -0.2) is 0 Å². The largest absolute Gasteiger partial charge is 0.396 e. The van der Waals surface area contributed by atoms with Crippen molar-refractivity contribution in [1.82, 2.24) is 0 Å². The fourth-order valence-corrected chi connectivity index (χ4v) is 4.75. The molecule has 3 rings (SSSR count). The summed E-state index contributed by atoms with van der Waals surface area (Å²) in [4.78, 5) is 0. The van der Waals surface area contributed by atoms with Gasteiger partial charge in [-0.1, -0.05) is 32.4 Å². The molecule has 0 aromatic rings. The number of rotatable bonds is 1. The highest BCUT2D eigenvalue weighted by Gasteiger charge is 2.66. The predicted molar refractivity (Wildman–Crippen MR) is 67.5 cm³/mol. The van der Waals surface area contributed by atoms with Crippen LogP contribution in [0.3, 0.4) is 0 Å². The molecule has 96 valence electrons. The lowest BCUT2D eigenvalue weighted by Gasteiger charge is -2.64. The number of aliphatic hydroxyl groups excluding tert-OH is 1. The molecule has 0 amide bonds. The lowest BCUT2D eigenvalue weighted by Crippen LogP contribution is -2.66. The first-order valence-corrected chi connectivity index (χ1v) is 6.87. The van der Waals surface area contributed by atoms with Gasteiger partial charge in [0.2, 0.25) is 0 Å². The molecule has 2 N–H and O–H groups in total. The Labute approximate surface area is 104 Å². The minimum absolute atomic E-state index is 0.0122. The lowest BCUT2D eigenvalue weighted by atomic mass is 9.43. The summed E-state index contributed by atoms with van der Waals surface area (Å²) in [6.45, 7) is 6.93. The molecular weight excluding hydrogens is 212 g/mol. The van der Waals surface area contributed by atoms with E-state index >= 15 is 0 Å². The van der Waals surface area contributed by atoms with E-state index in [-0.39, 0.29) is 23.4 Å². The molecule has 0 spiro atoms. The Hall–Kier alpha value is -0.340. The molecule has 2 nitrogen and oxygen atoms in total. The van der Waals surface area contributed by atoms with Gasteiger partial charge in [0.1, 0.15) is 0 Å².